The molecule has 6 heteroatoms. The number of rotatable bonds is 6. The van der Waals surface area contributed by atoms with Crippen molar-refractivity contribution < 1.29 is 4.92 Å². The van der Waals surface area contributed by atoms with Crippen molar-refractivity contribution in [2.24, 2.45) is 0 Å². The largest absolute Gasteiger partial charge is 0.383 e. The predicted octanol–water partition coefficient (Wildman–Crippen LogP) is 2.61. The quantitative estimate of drug-likeness (QED) is 0.629. The van der Waals surface area contributed by atoms with Crippen LogP contribution >= 0.6 is 11.6 Å². The molecule has 0 heterocycles. The van der Waals surface area contributed by atoms with Crippen LogP contribution in [-0.4, -0.2) is 36.5 Å². The number of benzene rings is 1. The number of anilines is 1. The molecule has 1 aromatic rings. The Balaban J connectivity index is 2.57. The molecule has 0 saturated carbocycles. The lowest BCUT2D eigenvalue weighted by molar-refractivity contribution is -0.384. The van der Waals surface area contributed by atoms with Crippen LogP contribution in [-0.2, 0) is 0 Å². The van der Waals surface area contributed by atoms with Crippen molar-refractivity contribution in [3.63, 3.8) is 0 Å². The average Bonchev–Trinajstić information content (AvgIpc) is 2.30. The smallest absolute Gasteiger partial charge is 0.271 e. The van der Waals surface area contributed by atoms with Crippen LogP contribution in [0.25, 0.3) is 0 Å². The van der Waals surface area contributed by atoms with Gasteiger partial charge in [0.2, 0.25) is 0 Å². The van der Waals surface area contributed by atoms with E-state index in [0.29, 0.717) is 5.02 Å². The summed E-state index contributed by atoms with van der Waals surface area (Å²) in [6.45, 7) is 4.71. The molecule has 5 nitrogen and oxygen atoms in total. The summed E-state index contributed by atoms with van der Waals surface area (Å²) in [4.78, 5) is 12.2. The van der Waals surface area contributed by atoms with Crippen molar-refractivity contribution in [2.45, 2.75) is 6.92 Å². The first-order valence-corrected chi connectivity index (χ1v) is 5.78. The average molecular weight is 258 g/mol. The van der Waals surface area contributed by atoms with Gasteiger partial charge in [0.1, 0.15) is 0 Å². The van der Waals surface area contributed by atoms with Crippen LogP contribution in [0.1, 0.15) is 6.92 Å². The van der Waals surface area contributed by atoms with E-state index in [-0.39, 0.29) is 5.69 Å². The number of hydrogen-bond acceptors (Lipinski definition) is 4. The molecule has 0 amide bonds. The Morgan fingerprint density at radius 1 is 1.53 bits per heavy atom. The monoisotopic (exact) mass is 257 g/mol. The molecule has 0 bridgehead atoms. The van der Waals surface area contributed by atoms with Crippen molar-refractivity contribution in [3.05, 3.63) is 33.3 Å². The molecule has 0 atom stereocenters. The molecule has 94 valence electrons. The summed E-state index contributed by atoms with van der Waals surface area (Å²) in [5, 5.41) is 14.0. The number of nitro groups is 1. The molecule has 0 aromatic heterocycles. The van der Waals surface area contributed by atoms with Gasteiger partial charge in [-0.05, 0) is 19.7 Å². The molecule has 1 rings (SSSR count). The van der Waals surface area contributed by atoms with E-state index in [4.69, 9.17) is 11.6 Å². The highest BCUT2D eigenvalue weighted by molar-refractivity contribution is 6.33. The summed E-state index contributed by atoms with van der Waals surface area (Å²) in [6, 6.07) is 4.43. The van der Waals surface area contributed by atoms with Crippen molar-refractivity contribution in [2.75, 3.05) is 32.0 Å². The molecule has 0 saturated heterocycles. The molecular weight excluding hydrogens is 242 g/mol. The van der Waals surface area contributed by atoms with Gasteiger partial charge in [0, 0.05) is 25.2 Å². The Kier molecular flexibility index (Phi) is 5.18. The van der Waals surface area contributed by atoms with Crippen LogP contribution in [0.15, 0.2) is 18.2 Å². The molecule has 0 aliphatic carbocycles. The highest BCUT2D eigenvalue weighted by atomic mass is 35.5. The topological polar surface area (TPSA) is 58.4 Å². The summed E-state index contributed by atoms with van der Waals surface area (Å²) in [6.07, 6.45) is 0. The Labute approximate surface area is 106 Å². The number of likely N-dealkylation sites (N-methyl/N-ethyl adjacent to an activating group) is 1. The van der Waals surface area contributed by atoms with Crippen molar-refractivity contribution >= 4 is 23.0 Å². The van der Waals surface area contributed by atoms with Crippen molar-refractivity contribution in [3.8, 4) is 0 Å². The number of hydrogen-bond donors (Lipinski definition) is 1. The Bertz CT molecular complexity index is 398. The SMILES string of the molecule is CCN(C)CCNc1ccc([N+](=O)[O-])cc1Cl. The van der Waals surface area contributed by atoms with Crippen LogP contribution in [0.2, 0.25) is 5.02 Å². The standard InChI is InChI=1S/C11H16ClN3O2/c1-3-14(2)7-6-13-11-5-4-9(15(16)17)8-10(11)12/h4-5,8,13H,3,6-7H2,1-2H3. The summed E-state index contributed by atoms with van der Waals surface area (Å²) >= 11 is 5.94. The predicted molar refractivity (Wildman–Crippen MR) is 69.8 cm³/mol. The van der Waals surface area contributed by atoms with Crippen molar-refractivity contribution in [1.82, 2.24) is 4.90 Å². The van der Waals surface area contributed by atoms with E-state index in [0.717, 1.165) is 25.3 Å². The summed E-state index contributed by atoms with van der Waals surface area (Å²) in [5.41, 5.74) is 0.730. The lowest BCUT2D eigenvalue weighted by atomic mass is 10.3. The molecule has 0 fully saturated rings. The maximum absolute atomic E-state index is 10.5. The number of nitrogens with one attached hydrogen (secondary N) is 1. The van der Waals surface area contributed by atoms with Crippen LogP contribution in [0.5, 0.6) is 0 Å². The van der Waals surface area contributed by atoms with E-state index in [2.05, 4.69) is 17.1 Å². The summed E-state index contributed by atoms with van der Waals surface area (Å²) in [5.74, 6) is 0. The number of nitro benzene ring substituents is 1. The van der Waals surface area contributed by atoms with E-state index < -0.39 is 4.92 Å². The Morgan fingerprint density at radius 3 is 2.76 bits per heavy atom. The minimum absolute atomic E-state index is 0.00577. The zero-order chi connectivity index (χ0) is 12.8. The fourth-order valence-corrected chi connectivity index (χ4v) is 1.54. The van der Waals surface area contributed by atoms with Gasteiger partial charge in [-0.25, -0.2) is 0 Å². The molecule has 0 radical (unpaired) electrons. The van der Waals surface area contributed by atoms with Gasteiger partial charge in [-0.1, -0.05) is 18.5 Å². The Hall–Kier alpha value is -1.33. The first-order valence-electron chi connectivity index (χ1n) is 5.41. The fourth-order valence-electron chi connectivity index (χ4n) is 1.30. The maximum Gasteiger partial charge on any atom is 0.271 e. The second-order valence-electron chi connectivity index (χ2n) is 3.74. The zero-order valence-corrected chi connectivity index (χ0v) is 10.7. The van der Waals surface area contributed by atoms with Gasteiger partial charge in [-0.2, -0.15) is 0 Å². The van der Waals surface area contributed by atoms with Gasteiger partial charge in [0.05, 0.1) is 15.6 Å². The van der Waals surface area contributed by atoms with E-state index in [1.807, 2.05) is 7.05 Å². The van der Waals surface area contributed by atoms with Gasteiger partial charge in [0.15, 0.2) is 0 Å². The third kappa shape index (κ3) is 4.20. The molecule has 17 heavy (non-hydrogen) atoms. The van der Waals surface area contributed by atoms with Crippen LogP contribution in [0.3, 0.4) is 0 Å². The molecule has 0 spiro atoms. The fraction of sp³-hybridized carbons (Fsp3) is 0.455. The molecule has 0 aliphatic heterocycles. The lowest BCUT2D eigenvalue weighted by Crippen LogP contribution is -2.24. The van der Waals surface area contributed by atoms with Crippen LogP contribution in [0.4, 0.5) is 11.4 Å². The van der Waals surface area contributed by atoms with Crippen LogP contribution < -0.4 is 5.32 Å². The van der Waals surface area contributed by atoms with Gasteiger partial charge in [0.25, 0.3) is 5.69 Å². The zero-order valence-electron chi connectivity index (χ0n) is 9.94. The molecule has 0 unspecified atom stereocenters. The van der Waals surface area contributed by atoms with E-state index in [9.17, 15) is 10.1 Å². The number of non-ortho nitro benzene ring substituents is 1. The molecular formula is C11H16ClN3O2. The van der Waals surface area contributed by atoms with Gasteiger partial charge in [-0.15, -0.1) is 0 Å². The van der Waals surface area contributed by atoms with E-state index >= 15 is 0 Å². The highest BCUT2D eigenvalue weighted by Gasteiger charge is 2.08. The first-order chi connectivity index (χ1) is 8.04. The minimum Gasteiger partial charge on any atom is -0.383 e. The summed E-state index contributed by atoms with van der Waals surface area (Å²) in [7, 11) is 2.03. The van der Waals surface area contributed by atoms with Gasteiger partial charge in [-0.3, -0.25) is 10.1 Å². The lowest BCUT2D eigenvalue weighted by Gasteiger charge is -2.15. The second-order valence-corrected chi connectivity index (χ2v) is 4.15. The highest BCUT2D eigenvalue weighted by Crippen LogP contribution is 2.26. The molecule has 0 aliphatic rings. The second kappa shape index (κ2) is 6.42. The number of nitrogens with zero attached hydrogens (tertiary/aromatic N) is 2. The van der Waals surface area contributed by atoms with E-state index in [1.165, 1.54) is 12.1 Å². The summed E-state index contributed by atoms with van der Waals surface area (Å²) < 4.78 is 0. The molecule has 1 aromatic carbocycles. The van der Waals surface area contributed by atoms with Gasteiger partial charge >= 0.3 is 0 Å². The number of halogens is 1. The van der Waals surface area contributed by atoms with E-state index in [1.54, 1.807) is 6.07 Å². The van der Waals surface area contributed by atoms with Gasteiger partial charge < -0.3 is 10.2 Å². The van der Waals surface area contributed by atoms with Crippen LogP contribution in [0, 0.1) is 10.1 Å². The normalized spacial score (nSPS) is 10.6. The molecule has 1 N–H and O–H groups in total. The minimum atomic E-state index is -0.458. The third-order valence-electron chi connectivity index (χ3n) is 2.51. The first kappa shape index (κ1) is 13.7. The maximum atomic E-state index is 10.5. The van der Waals surface area contributed by atoms with Crippen molar-refractivity contribution in [1.29, 1.82) is 0 Å². The Morgan fingerprint density at radius 2 is 2.24 bits per heavy atom. The third-order valence-corrected chi connectivity index (χ3v) is 2.83.